The maximum absolute atomic E-state index is 13.2. The fourth-order valence-electron chi connectivity index (χ4n) is 3.82. The van der Waals surface area contributed by atoms with E-state index in [0.29, 0.717) is 31.2 Å². The van der Waals surface area contributed by atoms with Gasteiger partial charge in [-0.1, -0.05) is 42.8 Å². The average molecular weight is 567 g/mol. The van der Waals surface area contributed by atoms with Crippen molar-refractivity contribution in [3.63, 3.8) is 0 Å². The Hall–Kier alpha value is -2.20. The van der Waals surface area contributed by atoms with E-state index >= 15 is 0 Å². The average Bonchev–Trinajstić information content (AvgIpc) is 2.80. The van der Waals surface area contributed by atoms with E-state index < -0.39 is 0 Å². The van der Waals surface area contributed by atoms with Crippen molar-refractivity contribution in [3.8, 4) is 0 Å². The van der Waals surface area contributed by atoms with Gasteiger partial charge in [-0.15, -0.1) is 24.0 Å². The van der Waals surface area contributed by atoms with E-state index in [4.69, 9.17) is 0 Å². The largest absolute Gasteiger partial charge is 0.355 e. The molecule has 0 unspecified atom stereocenters. The van der Waals surface area contributed by atoms with Gasteiger partial charge in [-0.3, -0.25) is 14.7 Å². The molecule has 3 rings (SSSR count). The summed E-state index contributed by atoms with van der Waals surface area (Å²) in [6.07, 6.45) is 4.14. The summed E-state index contributed by atoms with van der Waals surface area (Å²) in [6, 6.07) is 14.8. The number of amides is 1. The van der Waals surface area contributed by atoms with Crippen LogP contribution >= 0.6 is 24.0 Å². The normalized spacial score (nSPS) is 14.3. The zero-order valence-electron chi connectivity index (χ0n) is 19.3. The van der Waals surface area contributed by atoms with Gasteiger partial charge in [0.2, 0.25) is 5.91 Å². The first-order valence-corrected chi connectivity index (χ1v) is 11.4. The third kappa shape index (κ3) is 10.1. The fraction of sp³-hybridized carbons (Fsp3) is 0.440. The number of guanidine groups is 1. The van der Waals surface area contributed by atoms with Crippen LogP contribution in [-0.4, -0.2) is 50.0 Å². The Balaban J connectivity index is 0.00000385. The Morgan fingerprint density at radius 3 is 2.33 bits per heavy atom. The number of carbonyl (C=O) groups excluding carboxylic acids is 1. The number of nitrogens with one attached hydrogen (secondary N) is 3. The van der Waals surface area contributed by atoms with E-state index in [2.05, 4.69) is 50.1 Å². The molecule has 0 saturated carbocycles. The van der Waals surface area contributed by atoms with Gasteiger partial charge in [0.15, 0.2) is 5.96 Å². The molecule has 1 aliphatic rings. The van der Waals surface area contributed by atoms with Gasteiger partial charge in [0.1, 0.15) is 5.82 Å². The zero-order valence-corrected chi connectivity index (χ0v) is 21.6. The van der Waals surface area contributed by atoms with Crippen LogP contribution in [0.2, 0.25) is 0 Å². The monoisotopic (exact) mass is 567 g/mol. The quantitative estimate of drug-likeness (QED) is 0.188. The van der Waals surface area contributed by atoms with Crippen LogP contribution in [0.1, 0.15) is 36.0 Å². The molecule has 33 heavy (non-hydrogen) atoms. The molecule has 1 saturated heterocycles. The molecule has 0 spiro atoms. The number of piperidine rings is 1. The molecule has 0 atom stereocenters. The Bertz CT molecular complexity index is 885. The van der Waals surface area contributed by atoms with Crippen LogP contribution in [0.3, 0.4) is 0 Å². The lowest BCUT2D eigenvalue weighted by Gasteiger charge is -2.26. The van der Waals surface area contributed by atoms with Crippen molar-refractivity contribution in [2.75, 3.05) is 33.2 Å². The van der Waals surface area contributed by atoms with Crippen LogP contribution in [0, 0.1) is 5.82 Å². The summed E-state index contributed by atoms with van der Waals surface area (Å²) in [5.74, 6) is 0.218. The molecule has 3 N–H and O–H groups in total. The Morgan fingerprint density at radius 1 is 0.939 bits per heavy atom. The van der Waals surface area contributed by atoms with E-state index in [0.717, 1.165) is 6.54 Å². The molecule has 1 aliphatic heterocycles. The summed E-state index contributed by atoms with van der Waals surface area (Å²) in [4.78, 5) is 18.7. The molecular weight excluding hydrogens is 532 g/mol. The topological polar surface area (TPSA) is 68.8 Å². The number of benzene rings is 2. The number of nitrogens with zero attached hydrogens (tertiary/aromatic N) is 2. The van der Waals surface area contributed by atoms with Crippen LogP contribution in [0.15, 0.2) is 53.5 Å². The highest BCUT2D eigenvalue weighted by Crippen LogP contribution is 2.13. The molecule has 180 valence electrons. The lowest BCUT2D eigenvalue weighted by molar-refractivity contribution is -0.120. The molecule has 6 nitrogen and oxygen atoms in total. The maximum atomic E-state index is 13.2. The first-order valence-electron chi connectivity index (χ1n) is 11.4. The summed E-state index contributed by atoms with van der Waals surface area (Å²) in [6.45, 7) is 5.12. The second-order valence-corrected chi connectivity index (χ2v) is 8.16. The Kier molecular flexibility index (Phi) is 12.2. The fourth-order valence-corrected chi connectivity index (χ4v) is 3.82. The molecule has 2 aromatic rings. The molecule has 0 radical (unpaired) electrons. The predicted octanol–water partition coefficient (Wildman–Crippen LogP) is 3.45. The van der Waals surface area contributed by atoms with Crippen molar-refractivity contribution in [2.24, 2.45) is 4.99 Å². The van der Waals surface area contributed by atoms with E-state index in [9.17, 15) is 9.18 Å². The lowest BCUT2D eigenvalue weighted by atomic mass is 10.1. The van der Waals surface area contributed by atoms with E-state index in [1.165, 1.54) is 55.6 Å². The van der Waals surface area contributed by atoms with Gasteiger partial charge in [-0.05, 0) is 54.8 Å². The Labute approximate surface area is 213 Å². The molecular formula is C25H35FIN5O. The molecule has 2 aromatic carbocycles. The van der Waals surface area contributed by atoms with Crippen molar-refractivity contribution in [1.82, 2.24) is 20.9 Å². The van der Waals surface area contributed by atoms with Crippen LogP contribution in [0.4, 0.5) is 4.39 Å². The highest BCUT2D eigenvalue weighted by molar-refractivity contribution is 14.0. The van der Waals surface area contributed by atoms with Gasteiger partial charge in [-0.2, -0.15) is 0 Å². The van der Waals surface area contributed by atoms with E-state index in [1.807, 2.05) is 0 Å². The Morgan fingerprint density at radius 2 is 1.64 bits per heavy atom. The van der Waals surface area contributed by atoms with Gasteiger partial charge in [0.05, 0.1) is 6.42 Å². The molecule has 1 heterocycles. The van der Waals surface area contributed by atoms with Gasteiger partial charge in [0.25, 0.3) is 0 Å². The van der Waals surface area contributed by atoms with Crippen LogP contribution < -0.4 is 16.0 Å². The number of likely N-dealkylation sites (tertiary alicyclic amines) is 1. The summed E-state index contributed by atoms with van der Waals surface area (Å²) in [5.41, 5.74) is 3.21. The van der Waals surface area contributed by atoms with Gasteiger partial charge < -0.3 is 16.0 Å². The van der Waals surface area contributed by atoms with Crippen molar-refractivity contribution in [2.45, 2.75) is 38.8 Å². The van der Waals surface area contributed by atoms with Gasteiger partial charge in [0, 0.05) is 33.2 Å². The second-order valence-electron chi connectivity index (χ2n) is 8.16. The smallest absolute Gasteiger partial charge is 0.224 e. The first kappa shape index (κ1) is 27.0. The number of carbonyl (C=O) groups is 1. The van der Waals surface area contributed by atoms with Crippen LogP contribution in [0.25, 0.3) is 0 Å². The summed E-state index contributed by atoms with van der Waals surface area (Å²) >= 11 is 0. The summed E-state index contributed by atoms with van der Waals surface area (Å²) < 4.78 is 13.2. The van der Waals surface area contributed by atoms with Crippen molar-refractivity contribution >= 4 is 35.8 Å². The molecule has 0 aromatic heterocycles. The predicted molar refractivity (Wildman–Crippen MR) is 142 cm³/mol. The lowest BCUT2D eigenvalue weighted by Crippen LogP contribution is -2.41. The minimum atomic E-state index is -0.330. The SMILES string of the molecule is CN=C(NCCNC(=O)Cc1cccc(F)c1)NCc1ccc(CN2CCCCC2)cc1.I. The molecule has 0 aliphatic carbocycles. The standard InChI is InChI=1S/C25H34FN5O.HI/c1-27-25(29-13-12-28-24(32)17-22-6-5-7-23(26)16-22)30-18-20-8-10-21(11-9-20)19-31-14-3-2-4-15-31;/h5-11,16H,2-4,12-15,17-19H2,1H3,(H,28,32)(H2,27,29,30);1H. The van der Waals surface area contributed by atoms with Gasteiger partial charge in [-0.25, -0.2) is 4.39 Å². The van der Waals surface area contributed by atoms with E-state index in [-0.39, 0.29) is 42.1 Å². The van der Waals surface area contributed by atoms with Crippen molar-refractivity contribution in [1.29, 1.82) is 0 Å². The minimum Gasteiger partial charge on any atom is -0.355 e. The van der Waals surface area contributed by atoms with E-state index in [1.54, 1.807) is 19.2 Å². The number of rotatable bonds is 9. The molecule has 1 amide bonds. The maximum Gasteiger partial charge on any atom is 0.224 e. The number of aliphatic imine (C=N–C) groups is 1. The third-order valence-corrected chi connectivity index (χ3v) is 5.55. The van der Waals surface area contributed by atoms with Crippen LogP contribution in [0.5, 0.6) is 0 Å². The minimum absolute atomic E-state index is 0. The summed E-state index contributed by atoms with van der Waals surface area (Å²) in [5, 5.41) is 9.32. The number of hydrogen-bond acceptors (Lipinski definition) is 3. The van der Waals surface area contributed by atoms with Crippen LogP contribution in [-0.2, 0) is 24.3 Å². The number of hydrogen-bond donors (Lipinski definition) is 3. The first-order chi connectivity index (χ1) is 15.6. The molecule has 0 bridgehead atoms. The molecule has 8 heteroatoms. The van der Waals surface area contributed by atoms with Crippen molar-refractivity contribution in [3.05, 3.63) is 71.0 Å². The molecule has 1 fully saturated rings. The summed E-state index contributed by atoms with van der Waals surface area (Å²) in [7, 11) is 1.72. The third-order valence-electron chi connectivity index (χ3n) is 5.55. The van der Waals surface area contributed by atoms with Gasteiger partial charge >= 0.3 is 0 Å². The number of halogens is 2. The highest BCUT2D eigenvalue weighted by atomic mass is 127. The van der Waals surface area contributed by atoms with Crippen molar-refractivity contribution < 1.29 is 9.18 Å². The highest BCUT2D eigenvalue weighted by Gasteiger charge is 2.10. The zero-order chi connectivity index (χ0) is 22.6. The second kappa shape index (κ2) is 14.8.